The monoisotopic (exact) mass is 224 g/mol. The summed E-state index contributed by atoms with van der Waals surface area (Å²) in [6, 6.07) is 0.444. The molecule has 0 saturated carbocycles. The minimum Gasteiger partial charge on any atom is -0.356 e. The van der Waals surface area contributed by atoms with Crippen molar-refractivity contribution in [3.8, 4) is 0 Å². The number of halogens is 1. The highest BCUT2D eigenvalue weighted by atomic mass is 19.1. The third-order valence-corrected chi connectivity index (χ3v) is 2.96. The van der Waals surface area contributed by atoms with Gasteiger partial charge in [0, 0.05) is 19.6 Å². The summed E-state index contributed by atoms with van der Waals surface area (Å²) >= 11 is 0. The topological polar surface area (TPSA) is 41.1 Å². The van der Waals surface area contributed by atoms with Crippen molar-refractivity contribution in [3.05, 3.63) is 17.8 Å². The first-order valence-electron chi connectivity index (χ1n) is 5.60. The Bertz CT molecular complexity index is 363. The number of anilines is 1. The second-order valence-corrected chi connectivity index (χ2v) is 4.27. The van der Waals surface area contributed by atoms with E-state index < -0.39 is 0 Å². The van der Waals surface area contributed by atoms with Gasteiger partial charge < -0.3 is 10.2 Å². The molecule has 4 nitrogen and oxygen atoms in total. The Kier molecular flexibility index (Phi) is 3.33. The van der Waals surface area contributed by atoms with Crippen LogP contribution in [0.4, 0.5) is 10.2 Å². The van der Waals surface area contributed by atoms with Crippen molar-refractivity contribution >= 4 is 5.82 Å². The lowest BCUT2D eigenvalue weighted by atomic mass is 10.2. The van der Waals surface area contributed by atoms with Gasteiger partial charge in [-0.15, -0.1) is 0 Å². The van der Waals surface area contributed by atoms with E-state index in [0.29, 0.717) is 17.6 Å². The molecule has 88 valence electrons. The van der Waals surface area contributed by atoms with Crippen molar-refractivity contribution in [2.24, 2.45) is 0 Å². The average molecular weight is 224 g/mol. The van der Waals surface area contributed by atoms with Gasteiger partial charge in [-0.25, -0.2) is 14.4 Å². The van der Waals surface area contributed by atoms with E-state index in [1.165, 1.54) is 12.7 Å². The molecule has 0 spiro atoms. The summed E-state index contributed by atoms with van der Waals surface area (Å²) in [6.45, 7) is 3.50. The quantitative estimate of drug-likeness (QED) is 0.835. The van der Waals surface area contributed by atoms with E-state index in [1.54, 1.807) is 6.92 Å². The molecule has 1 saturated heterocycles. The SMILES string of the molecule is Cc1ncnc(N(C)CC2CCCN2)c1F. The Balaban J connectivity index is 2.07. The first-order valence-corrected chi connectivity index (χ1v) is 5.60. The zero-order valence-electron chi connectivity index (χ0n) is 9.70. The molecular formula is C11H17FN4. The summed E-state index contributed by atoms with van der Waals surface area (Å²) in [5.74, 6) is 0.0733. The van der Waals surface area contributed by atoms with Gasteiger partial charge in [-0.2, -0.15) is 0 Å². The molecule has 1 aliphatic heterocycles. The third-order valence-electron chi connectivity index (χ3n) is 2.96. The van der Waals surface area contributed by atoms with Gasteiger partial charge in [0.25, 0.3) is 0 Å². The summed E-state index contributed by atoms with van der Waals surface area (Å²) < 4.78 is 13.7. The maximum absolute atomic E-state index is 13.7. The highest BCUT2D eigenvalue weighted by Crippen LogP contribution is 2.17. The first-order chi connectivity index (χ1) is 7.68. The number of rotatable bonds is 3. The van der Waals surface area contributed by atoms with E-state index in [-0.39, 0.29) is 5.82 Å². The summed E-state index contributed by atoms with van der Waals surface area (Å²) in [5, 5.41) is 3.38. The molecule has 2 rings (SSSR count). The van der Waals surface area contributed by atoms with Crippen molar-refractivity contribution in [2.75, 3.05) is 25.0 Å². The van der Waals surface area contributed by atoms with E-state index in [2.05, 4.69) is 15.3 Å². The normalized spacial score (nSPS) is 20.1. The fraction of sp³-hybridized carbons (Fsp3) is 0.636. The number of aromatic nitrogens is 2. The van der Waals surface area contributed by atoms with E-state index in [4.69, 9.17) is 0 Å². The zero-order valence-corrected chi connectivity index (χ0v) is 9.70. The van der Waals surface area contributed by atoms with Crippen LogP contribution >= 0.6 is 0 Å². The van der Waals surface area contributed by atoms with Crippen LogP contribution in [0.3, 0.4) is 0 Å². The Morgan fingerprint density at radius 3 is 3.06 bits per heavy atom. The third kappa shape index (κ3) is 2.29. The van der Waals surface area contributed by atoms with Crippen LogP contribution in [-0.4, -0.2) is 36.1 Å². The second-order valence-electron chi connectivity index (χ2n) is 4.27. The van der Waals surface area contributed by atoms with Crippen molar-refractivity contribution in [1.29, 1.82) is 0 Å². The molecule has 1 N–H and O–H groups in total. The van der Waals surface area contributed by atoms with Crippen LogP contribution < -0.4 is 10.2 Å². The Morgan fingerprint density at radius 1 is 1.56 bits per heavy atom. The molecule has 0 aliphatic carbocycles. The molecule has 1 aromatic rings. The lowest BCUT2D eigenvalue weighted by molar-refractivity contribution is 0.567. The minimum absolute atomic E-state index is 0.317. The standard InChI is InChI=1S/C11H17FN4/c1-8-10(12)11(15-7-14-8)16(2)6-9-4-3-5-13-9/h7,9,13H,3-6H2,1-2H3. The highest BCUT2D eigenvalue weighted by molar-refractivity contribution is 5.39. The van der Waals surface area contributed by atoms with E-state index >= 15 is 0 Å². The number of nitrogens with zero attached hydrogens (tertiary/aromatic N) is 3. The summed E-state index contributed by atoms with van der Waals surface area (Å²) in [7, 11) is 1.87. The van der Waals surface area contributed by atoms with Crippen LogP contribution in [0, 0.1) is 12.7 Å². The largest absolute Gasteiger partial charge is 0.356 e. The predicted molar refractivity (Wildman–Crippen MR) is 61.0 cm³/mol. The first kappa shape index (κ1) is 11.3. The number of likely N-dealkylation sites (N-methyl/N-ethyl adjacent to an activating group) is 1. The fourth-order valence-corrected chi connectivity index (χ4v) is 2.04. The number of hydrogen-bond donors (Lipinski definition) is 1. The van der Waals surface area contributed by atoms with Crippen molar-refractivity contribution in [3.63, 3.8) is 0 Å². The summed E-state index contributed by atoms with van der Waals surface area (Å²) in [5.41, 5.74) is 0.399. The number of nitrogens with one attached hydrogen (secondary N) is 1. The molecule has 1 fully saturated rings. The van der Waals surface area contributed by atoms with E-state index in [1.807, 2.05) is 11.9 Å². The molecule has 0 amide bonds. The number of hydrogen-bond acceptors (Lipinski definition) is 4. The molecule has 2 heterocycles. The zero-order chi connectivity index (χ0) is 11.5. The van der Waals surface area contributed by atoms with Crippen molar-refractivity contribution in [2.45, 2.75) is 25.8 Å². The maximum atomic E-state index is 13.7. The lowest BCUT2D eigenvalue weighted by Gasteiger charge is -2.22. The molecule has 1 unspecified atom stereocenters. The van der Waals surface area contributed by atoms with Gasteiger partial charge in [0.15, 0.2) is 11.6 Å². The molecule has 5 heteroatoms. The molecule has 0 radical (unpaired) electrons. The predicted octanol–water partition coefficient (Wildman–Crippen LogP) is 1.11. The highest BCUT2D eigenvalue weighted by Gasteiger charge is 2.19. The van der Waals surface area contributed by atoms with Crippen LogP contribution in [0.15, 0.2) is 6.33 Å². The van der Waals surface area contributed by atoms with Gasteiger partial charge in [0.05, 0.1) is 5.69 Å². The van der Waals surface area contributed by atoms with Crippen LogP contribution in [0.1, 0.15) is 18.5 Å². The van der Waals surface area contributed by atoms with Crippen LogP contribution in [-0.2, 0) is 0 Å². The molecule has 16 heavy (non-hydrogen) atoms. The maximum Gasteiger partial charge on any atom is 0.186 e. The smallest absolute Gasteiger partial charge is 0.186 e. The molecule has 1 aromatic heterocycles. The molecular weight excluding hydrogens is 207 g/mol. The Hall–Kier alpha value is -1.23. The average Bonchev–Trinajstić information content (AvgIpc) is 2.74. The van der Waals surface area contributed by atoms with Crippen molar-refractivity contribution in [1.82, 2.24) is 15.3 Å². The van der Waals surface area contributed by atoms with Crippen LogP contribution in [0.25, 0.3) is 0 Å². The Labute approximate surface area is 94.9 Å². The summed E-state index contributed by atoms with van der Waals surface area (Å²) in [4.78, 5) is 9.67. The van der Waals surface area contributed by atoms with Gasteiger partial charge in [0.2, 0.25) is 0 Å². The van der Waals surface area contributed by atoms with Gasteiger partial charge >= 0.3 is 0 Å². The number of aryl methyl sites for hydroxylation is 1. The van der Waals surface area contributed by atoms with Crippen LogP contribution in [0.2, 0.25) is 0 Å². The molecule has 0 bridgehead atoms. The minimum atomic E-state index is -0.317. The van der Waals surface area contributed by atoms with Gasteiger partial charge in [-0.1, -0.05) is 0 Å². The van der Waals surface area contributed by atoms with Gasteiger partial charge in [0.1, 0.15) is 6.33 Å². The summed E-state index contributed by atoms with van der Waals surface area (Å²) in [6.07, 6.45) is 3.76. The molecule has 0 aromatic carbocycles. The van der Waals surface area contributed by atoms with Crippen LogP contribution in [0.5, 0.6) is 0 Å². The van der Waals surface area contributed by atoms with E-state index in [9.17, 15) is 4.39 Å². The van der Waals surface area contributed by atoms with E-state index in [0.717, 1.165) is 19.5 Å². The molecule has 1 atom stereocenters. The fourth-order valence-electron chi connectivity index (χ4n) is 2.04. The van der Waals surface area contributed by atoms with Gasteiger partial charge in [-0.3, -0.25) is 0 Å². The van der Waals surface area contributed by atoms with Crippen molar-refractivity contribution < 1.29 is 4.39 Å². The second kappa shape index (κ2) is 4.74. The molecule has 1 aliphatic rings. The Morgan fingerprint density at radius 2 is 2.38 bits per heavy atom. The lowest BCUT2D eigenvalue weighted by Crippen LogP contribution is -2.36. The van der Waals surface area contributed by atoms with Gasteiger partial charge in [-0.05, 0) is 26.3 Å².